The van der Waals surface area contributed by atoms with Gasteiger partial charge in [0.25, 0.3) is 0 Å². The topological polar surface area (TPSA) is 55.3 Å². The van der Waals surface area contributed by atoms with Crippen LogP contribution in [0.1, 0.15) is 24.8 Å². The molecule has 0 amide bonds. The van der Waals surface area contributed by atoms with Crippen molar-refractivity contribution in [1.82, 2.24) is 10.2 Å². The quantitative estimate of drug-likeness (QED) is 0.225. The summed E-state index contributed by atoms with van der Waals surface area (Å²) < 4.78 is 39.9. The Bertz CT molecular complexity index is 570. The highest BCUT2D eigenvalue weighted by molar-refractivity contribution is 14.0. The standard InChI is InChI=1S/C19H29F2N3O3.HI/c1-22-19(23-10-4-11-25-14-17-5-3-12-26-17)24(2)13-15-6-8-16(9-7-15)27-18(20)21;/h6-9,17-18H,3-5,10-14H2,1-2H3,(H,22,23);1H. The number of nitrogens with one attached hydrogen (secondary N) is 1. The van der Waals surface area contributed by atoms with Crippen molar-refractivity contribution in [3.63, 3.8) is 0 Å². The van der Waals surface area contributed by atoms with E-state index in [4.69, 9.17) is 9.47 Å². The lowest BCUT2D eigenvalue weighted by molar-refractivity contribution is -0.0498. The maximum Gasteiger partial charge on any atom is 0.387 e. The summed E-state index contributed by atoms with van der Waals surface area (Å²) >= 11 is 0. The van der Waals surface area contributed by atoms with Gasteiger partial charge >= 0.3 is 6.61 Å². The van der Waals surface area contributed by atoms with Crippen LogP contribution in [-0.4, -0.2) is 64.0 Å². The van der Waals surface area contributed by atoms with Crippen LogP contribution in [0.2, 0.25) is 0 Å². The van der Waals surface area contributed by atoms with Crippen molar-refractivity contribution in [3.8, 4) is 5.75 Å². The number of nitrogens with zero attached hydrogens (tertiary/aromatic N) is 2. The van der Waals surface area contributed by atoms with Gasteiger partial charge in [0.1, 0.15) is 5.75 Å². The third-order valence-corrected chi connectivity index (χ3v) is 4.22. The summed E-state index contributed by atoms with van der Waals surface area (Å²) in [7, 11) is 3.65. The van der Waals surface area contributed by atoms with E-state index in [-0.39, 0.29) is 35.8 Å². The largest absolute Gasteiger partial charge is 0.435 e. The zero-order valence-corrected chi connectivity index (χ0v) is 18.7. The molecular weight excluding hydrogens is 483 g/mol. The minimum absolute atomic E-state index is 0. The minimum atomic E-state index is -2.81. The van der Waals surface area contributed by atoms with Gasteiger partial charge < -0.3 is 24.4 Å². The maximum absolute atomic E-state index is 12.2. The normalized spacial score (nSPS) is 16.8. The van der Waals surface area contributed by atoms with Crippen LogP contribution in [0.3, 0.4) is 0 Å². The maximum atomic E-state index is 12.2. The number of benzene rings is 1. The Morgan fingerprint density at radius 2 is 2.11 bits per heavy atom. The van der Waals surface area contributed by atoms with Crippen LogP contribution in [0.4, 0.5) is 8.78 Å². The summed E-state index contributed by atoms with van der Waals surface area (Å²) in [5.41, 5.74) is 0.974. The third kappa shape index (κ3) is 9.33. The van der Waals surface area contributed by atoms with E-state index in [1.54, 1.807) is 19.2 Å². The Labute approximate surface area is 182 Å². The first-order valence-corrected chi connectivity index (χ1v) is 9.23. The Morgan fingerprint density at radius 1 is 1.36 bits per heavy atom. The Hall–Kier alpha value is -1.20. The van der Waals surface area contributed by atoms with Crippen molar-refractivity contribution >= 4 is 29.9 Å². The number of rotatable bonds is 10. The molecule has 1 unspecified atom stereocenters. The molecule has 1 aromatic carbocycles. The van der Waals surface area contributed by atoms with Crippen molar-refractivity contribution in [2.75, 3.05) is 40.5 Å². The number of ether oxygens (including phenoxy) is 3. The molecule has 1 atom stereocenters. The van der Waals surface area contributed by atoms with Crippen LogP contribution in [0.15, 0.2) is 29.3 Å². The average molecular weight is 513 g/mol. The lowest BCUT2D eigenvalue weighted by Crippen LogP contribution is -2.39. The fraction of sp³-hybridized carbons (Fsp3) is 0.632. The first-order valence-electron chi connectivity index (χ1n) is 9.23. The summed E-state index contributed by atoms with van der Waals surface area (Å²) in [5.74, 6) is 0.920. The van der Waals surface area contributed by atoms with E-state index in [0.717, 1.165) is 43.9 Å². The van der Waals surface area contributed by atoms with Crippen molar-refractivity contribution in [3.05, 3.63) is 29.8 Å². The first-order chi connectivity index (χ1) is 13.1. The molecule has 2 rings (SSSR count). The molecule has 1 saturated heterocycles. The van der Waals surface area contributed by atoms with Crippen molar-refractivity contribution in [2.24, 2.45) is 4.99 Å². The molecule has 0 aliphatic carbocycles. The van der Waals surface area contributed by atoms with Crippen LogP contribution < -0.4 is 10.1 Å². The molecule has 0 saturated carbocycles. The van der Waals surface area contributed by atoms with E-state index in [0.29, 0.717) is 19.8 Å². The molecule has 1 heterocycles. The summed E-state index contributed by atoms with van der Waals surface area (Å²) in [6.45, 7) is 0.740. The third-order valence-electron chi connectivity index (χ3n) is 4.22. The molecule has 1 aliphatic rings. The highest BCUT2D eigenvalue weighted by Crippen LogP contribution is 2.16. The zero-order valence-electron chi connectivity index (χ0n) is 16.4. The van der Waals surface area contributed by atoms with E-state index in [9.17, 15) is 8.78 Å². The SMILES string of the molecule is CN=C(NCCCOCC1CCCO1)N(C)Cc1ccc(OC(F)F)cc1.I. The number of hydrogen-bond acceptors (Lipinski definition) is 4. The van der Waals surface area contributed by atoms with Gasteiger partial charge in [0.05, 0.1) is 12.7 Å². The van der Waals surface area contributed by atoms with Gasteiger partial charge in [-0.3, -0.25) is 4.99 Å². The van der Waals surface area contributed by atoms with Gasteiger partial charge in [-0.25, -0.2) is 0 Å². The fourth-order valence-electron chi connectivity index (χ4n) is 2.87. The number of halogens is 3. The van der Waals surface area contributed by atoms with E-state index in [2.05, 4.69) is 15.0 Å². The summed E-state index contributed by atoms with van der Waals surface area (Å²) in [6.07, 6.45) is 3.35. The van der Waals surface area contributed by atoms with Crippen molar-refractivity contribution in [2.45, 2.75) is 38.5 Å². The lowest BCUT2D eigenvalue weighted by atomic mass is 10.2. The molecular formula is C19H30F2IN3O3. The smallest absolute Gasteiger partial charge is 0.387 e. The average Bonchev–Trinajstić information content (AvgIpc) is 3.15. The number of guanidine groups is 1. The second kappa shape index (κ2) is 13.9. The molecule has 28 heavy (non-hydrogen) atoms. The van der Waals surface area contributed by atoms with Crippen LogP contribution in [0, 0.1) is 0 Å². The number of hydrogen-bond donors (Lipinski definition) is 1. The van der Waals surface area contributed by atoms with Crippen LogP contribution in [0.25, 0.3) is 0 Å². The molecule has 0 spiro atoms. The Morgan fingerprint density at radius 3 is 2.71 bits per heavy atom. The zero-order chi connectivity index (χ0) is 19.5. The van der Waals surface area contributed by atoms with Crippen LogP contribution in [-0.2, 0) is 16.0 Å². The predicted molar refractivity (Wildman–Crippen MR) is 116 cm³/mol. The lowest BCUT2D eigenvalue weighted by Gasteiger charge is -2.22. The summed E-state index contributed by atoms with van der Waals surface area (Å²) in [6, 6.07) is 6.61. The van der Waals surface area contributed by atoms with Gasteiger partial charge in [0, 0.05) is 40.4 Å². The molecule has 160 valence electrons. The Kier molecular flexibility index (Phi) is 12.3. The highest BCUT2D eigenvalue weighted by Gasteiger charge is 2.15. The molecule has 0 aromatic heterocycles. The minimum Gasteiger partial charge on any atom is -0.435 e. The van der Waals surface area contributed by atoms with E-state index >= 15 is 0 Å². The van der Waals surface area contributed by atoms with E-state index in [1.807, 2.05) is 11.9 Å². The van der Waals surface area contributed by atoms with Crippen molar-refractivity contribution in [1.29, 1.82) is 0 Å². The molecule has 1 aliphatic heterocycles. The summed E-state index contributed by atoms with van der Waals surface area (Å²) in [5, 5.41) is 3.30. The van der Waals surface area contributed by atoms with Gasteiger partial charge in [-0.05, 0) is 37.0 Å². The van der Waals surface area contributed by atoms with Gasteiger partial charge in [0.15, 0.2) is 5.96 Å². The van der Waals surface area contributed by atoms with Gasteiger partial charge in [-0.15, -0.1) is 24.0 Å². The highest BCUT2D eigenvalue weighted by atomic mass is 127. The number of aliphatic imine (C=N–C) groups is 1. The second-order valence-electron chi connectivity index (χ2n) is 6.42. The molecule has 1 N–H and O–H groups in total. The van der Waals surface area contributed by atoms with Crippen LogP contribution >= 0.6 is 24.0 Å². The molecule has 1 fully saturated rings. The molecule has 9 heteroatoms. The Balaban J connectivity index is 0.00000392. The van der Waals surface area contributed by atoms with Gasteiger partial charge in [-0.1, -0.05) is 12.1 Å². The van der Waals surface area contributed by atoms with Crippen molar-refractivity contribution < 1.29 is 23.0 Å². The van der Waals surface area contributed by atoms with E-state index < -0.39 is 6.61 Å². The number of alkyl halides is 2. The second-order valence-corrected chi connectivity index (χ2v) is 6.42. The van der Waals surface area contributed by atoms with Crippen LogP contribution in [0.5, 0.6) is 5.75 Å². The first kappa shape index (κ1) is 24.8. The monoisotopic (exact) mass is 513 g/mol. The molecule has 1 aromatic rings. The molecule has 6 nitrogen and oxygen atoms in total. The van der Waals surface area contributed by atoms with Gasteiger partial charge in [-0.2, -0.15) is 8.78 Å². The van der Waals surface area contributed by atoms with Gasteiger partial charge in [0.2, 0.25) is 0 Å². The fourth-order valence-corrected chi connectivity index (χ4v) is 2.87. The predicted octanol–water partition coefficient (Wildman–Crippen LogP) is 3.50. The summed E-state index contributed by atoms with van der Waals surface area (Å²) in [4.78, 5) is 6.24. The molecule has 0 bridgehead atoms. The van der Waals surface area contributed by atoms with E-state index in [1.165, 1.54) is 12.1 Å². The molecule has 0 radical (unpaired) electrons.